The number of carbonyl (C=O) groups excluding carboxylic acids is 2. The van der Waals surface area contributed by atoms with Gasteiger partial charge in [0.25, 0.3) is 16.8 Å². The minimum atomic E-state index is -0.467. The highest BCUT2D eigenvalue weighted by atomic mass is 79.9. The van der Waals surface area contributed by atoms with Gasteiger partial charge in [-0.15, -0.1) is 6.58 Å². The lowest BCUT2D eigenvalue weighted by Gasteiger charge is -2.14. The number of nitro benzene ring substituents is 1. The summed E-state index contributed by atoms with van der Waals surface area (Å²) in [6.07, 6.45) is 3.10. The number of nitrogens with zero attached hydrogens (tertiary/aromatic N) is 2. The van der Waals surface area contributed by atoms with Crippen LogP contribution in [0.4, 0.5) is 10.5 Å². The zero-order valence-corrected chi connectivity index (χ0v) is 18.8. The van der Waals surface area contributed by atoms with Crippen LogP contribution in [0, 0.1) is 10.1 Å². The molecule has 1 saturated heterocycles. The summed E-state index contributed by atoms with van der Waals surface area (Å²) in [5, 5.41) is 10.6. The first-order valence-corrected chi connectivity index (χ1v) is 10.5. The first-order valence-electron chi connectivity index (χ1n) is 8.94. The van der Waals surface area contributed by atoms with Gasteiger partial charge in [-0.2, -0.15) is 0 Å². The molecular formula is C21H17BrN2O6S. The van der Waals surface area contributed by atoms with E-state index in [0.29, 0.717) is 32.0 Å². The third kappa shape index (κ3) is 5.15. The van der Waals surface area contributed by atoms with Gasteiger partial charge in [-0.3, -0.25) is 24.6 Å². The maximum Gasteiger partial charge on any atom is 0.293 e. The van der Waals surface area contributed by atoms with Crippen molar-refractivity contribution in [3.8, 4) is 11.5 Å². The normalized spacial score (nSPS) is 14.8. The van der Waals surface area contributed by atoms with Crippen molar-refractivity contribution in [2.45, 2.75) is 6.61 Å². The van der Waals surface area contributed by atoms with Crippen LogP contribution in [0.2, 0.25) is 0 Å². The summed E-state index contributed by atoms with van der Waals surface area (Å²) < 4.78 is 11.8. The molecule has 0 radical (unpaired) electrons. The summed E-state index contributed by atoms with van der Waals surface area (Å²) in [5.41, 5.74) is 1.24. The largest absolute Gasteiger partial charge is 0.493 e. The number of thioether (sulfide) groups is 1. The molecule has 0 aromatic heterocycles. The Labute approximate surface area is 190 Å². The van der Waals surface area contributed by atoms with Gasteiger partial charge in [-0.05, 0) is 57.0 Å². The number of halogens is 1. The topological polar surface area (TPSA) is 99.0 Å². The van der Waals surface area contributed by atoms with Gasteiger partial charge in [0.2, 0.25) is 0 Å². The van der Waals surface area contributed by atoms with E-state index in [1.165, 1.54) is 25.3 Å². The monoisotopic (exact) mass is 504 g/mol. The Bertz CT molecular complexity index is 1100. The van der Waals surface area contributed by atoms with E-state index in [9.17, 15) is 19.7 Å². The van der Waals surface area contributed by atoms with Gasteiger partial charge < -0.3 is 9.47 Å². The fourth-order valence-electron chi connectivity index (χ4n) is 2.82. The standard InChI is InChI=1S/C21H17BrN2O6S/c1-3-7-23-20(25)18(31-21(23)26)11-14-9-16(22)19(17(10-14)29-2)30-12-13-5-4-6-15(8-13)24(27)28/h3-6,8-11H,1,7,12H2,2H3/b18-11+. The molecule has 1 heterocycles. The van der Waals surface area contributed by atoms with Gasteiger partial charge in [0.15, 0.2) is 11.5 Å². The Kier molecular flexibility index (Phi) is 7.13. The van der Waals surface area contributed by atoms with Crippen molar-refractivity contribution < 1.29 is 24.0 Å². The van der Waals surface area contributed by atoms with Gasteiger partial charge in [0.05, 0.1) is 21.4 Å². The predicted molar refractivity (Wildman–Crippen MR) is 121 cm³/mol. The average molecular weight is 505 g/mol. The summed E-state index contributed by atoms with van der Waals surface area (Å²) >= 11 is 4.30. The van der Waals surface area contributed by atoms with Crippen molar-refractivity contribution in [2.75, 3.05) is 13.7 Å². The minimum absolute atomic E-state index is 0.0205. The lowest BCUT2D eigenvalue weighted by molar-refractivity contribution is -0.384. The number of carbonyl (C=O) groups is 2. The summed E-state index contributed by atoms with van der Waals surface area (Å²) in [4.78, 5) is 36.3. The number of hydrogen-bond donors (Lipinski definition) is 0. The van der Waals surface area contributed by atoms with Crippen molar-refractivity contribution in [3.05, 3.63) is 79.7 Å². The van der Waals surface area contributed by atoms with Crippen molar-refractivity contribution in [1.29, 1.82) is 0 Å². The molecule has 0 spiro atoms. The quantitative estimate of drug-likeness (QED) is 0.211. The molecule has 8 nitrogen and oxygen atoms in total. The van der Waals surface area contributed by atoms with E-state index in [-0.39, 0.29) is 30.0 Å². The van der Waals surface area contributed by atoms with Crippen LogP contribution in [0.3, 0.4) is 0 Å². The lowest BCUT2D eigenvalue weighted by Crippen LogP contribution is -2.27. The van der Waals surface area contributed by atoms with Crippen molar-refractivity contribution in [1.82, 2.24) is 4.90 Å². The maximum atomic E-state index is 12.4. The van der Waals surface area contributed by atoms with E-state index in [4.69, 9.17) is 9.47 Å². The third-order valence-corrected chi connectivity index (χ3v) is 5.74. The molecule has 0 bridgehead atoms. The highest BCUT2D eigenvalue weighted by Gasteiger charge is 2.34. The Morgan fingerprint density at radius 2 is 2.06 bits per heavy atom. The molecule has 2 amide bonds. The fraction of sp³-hybridized carbons (Fsp3) is 0.143. The molecule has 2 aromatic rings. The zero-order valence-electron chi connectivity index (χ0n) is 16.4. The summed E-state index contributed by atoms with van der Waals surface area (Å²) in [6.45, 7) is 3.80. The lowest BCUT2D eigenvalue weighted by atomic mass is 10.1. The van der Waals surface area contributed by atoms with Crippen molar-refractivity contribution in [3.63, 3.8) is 0 Å². The second kappa shape index (κ2) is 9.80. The van der Waals surface area contributed by atoms with E-state index in [0.717, 1.165) is 16.7 Å². The van der Waals surface area contributed by atoms with Crippen LogP contribution in [0.25, 0.3) is 6.08 Å². The molecule has 10 heteroatoms. The number of hydrogen-bond acceptors (Lipinski definition) is 7. The van der Waals surface area contributed by atoms with Gasteiger partial charge in [0.1, 0.15) is 6.61 Å². The van der Waals surface area contributed by atoms with E-state index in [1.807, 2.05) is 0 Å². The van der Waals surface area contributed by atoms with Crippen LogP contribution in [-0.4, -0.2) is 34.6 Å². The van der Waals surface area contributed by atoms with Crippen LogP contribution in [-0.2, 0) is 11.4 Å². The molecule has 160 valence electrons. The Morgan fingerprint density at radius 1 is 1.29 bits per heavy atom. The molecule has 1 aliphatic heterocycles. The maximum absolute atomic E-state index is 12.4. The van der Waals surface area contributed by atoms with Crippen LogP contribution in [0.1, 0.15) is 11.1 Å². The van der Waals surface area contributed by atoms with Crippen LogP contribution in [0.5, 0.6) is 11.5 Å². The molecule has 1 aliphatic rings. The molecular weight excluding hydrogens is 488 g/mol. The number of non-ortho nitro benzene ring substituents is 1. The van der Waals surface area contributed by atoms with Crippen molar-refractivity contribution in [2.24, 2.45) is 0 Å². The van der Waals surface area contributed by atoms with Gasteiger partial charge in [-0.25, -0.2) is 0 Å². The van der Waals surface area contributed by atoms with E-state index < -0.39 is 4.92 Å². The van der Waals surface area contributed by atoms with Gasteiger partial charge in [-0.1, -0.05) is 18.2 Å². The second-order valence-electron chi connectivity index (χ2n) is 6.33. The fourth-order valence-corrected chi connectivity index (χ4v) is 4.24. The smallest absolute Gasteiger partial charge is 0.293 e. The summed E-state index contributed by atoms with van der Waals surface area (Å²) in [6, 6.07) is 9.56. The highest BCUT2D eigenvalue weighted by molar-refractivity contribution is 9.10. The third-order valence-electron chi connectivity index (χ3n) is 4.24. The van der Waals surface area contributed by atoms with E-state index in [1.54, 1.807) is 30.3 Å². The Hall–Kier alpha value is -3.11. The van der Waals surface area contributed by atoms with E-state index >= 15 is 0 Å². The molecule has 0 unspecified atom stereocenters. The molecule has 1 fully saturated rings. The van der Waals surface area contributed by atoms with E-state index in [2.05, 4.69) is 22.5 Å². The number of amides is 2. The number of nitro groups is 1. The molecule has 3 rings (SSSR count). The molecule has 0 aliphatic carbocycles. The Morgan fingerprint density at radius 3 is 2.74 bits per heavy atom. The minimum Gasteiger partial charge on any atom is -0.493 e. The predicted octanol–water partition coefficient (Wildman–Crippen LogP) is 5.17. The van der Waals surface area contributed by atoms with Crippen LogP contribution >= 0.6 is 27.7 Å². The Balaban J connectivity index is 1.83. The number of methoxy groups -OCH3 is 1. The average Bonchev–Trinajstić information content (AvgIpc) is 3.00. The van der Waals surface area contributed by atoms with Gasteiger partial charge in [0, 0.05) is 18.7 Å². The second-order valence-corrected chi connectivity index (χ2v) is 8.18. The molecule has 0 atom stereocenters. The van der Waals surface area contributed by atoms with Crippen LogP contribution in [0.15, 0.2) is 58.4 Å². The number of rotatable bonds is 8. The number of benzene rings is 2. The first kappa shape index (κ1) is 22.6. The molecule has 2 aromatic carbocycles. The zero-order chi connectivity index (χ0) is 22.5. The molecule has 0 saturated carbocycles. The molecule has 0 N–H and O–H groups in total. The number of ether oxygens (including phenoxy) is 2. The molecule has 31 heavy (non-hydrogen) atoms. The summed E-state index contributed by atoms with van der Waals surface area (Å²) in [5.74, 6) is 0.429. The van der Waals surface area contributed by atoms with Crippen LogP contribution < -0.4 is 9.47 Å². The highest BCUT2D eigenvalue weighted by Crippen LogP contribution is 2.39. The number of imide groups is 1. The SMILES string of the molecule is C=CCN1C(=O)S/C(=C/c2cc(Br)c(OCc3cccc([N+](=O)[O-])c3)c(OC)c2)C1=O. The van der Waals surface area contributed by atoms with Crippen molar-refractivity contribution >= 4 is 50.6 Å². The summed E-state index contributed by atoms with van der Waals surface area (Å²) in [7, 11) is 1.48. The van der Waals surface area contributed by atoms with Gasteiger partial charge >= 0.3 is 0 Å². The first-order chi connectivity index (χ1) is 14.8.